The van der Waals surface area contributed by atoms with Gasteiger partial charge in [-0.25, -0.2) is 0 Å². The summed E-state index contributed by atoms with van der Waals surface area (Å²) in [4.78, 5) is 26.5. The molecule has 4 nitrogen and oxygen atoms in total. The fourth-order valence-corrected chi connectivity index (χ4v) is 2.14. The van der Waals surface area contributed by atoms with Crippen molar-refractivity contribution < 1.29 is 22.8 Å². The Hall–Kier alpha value is -2.31. The number of halogens is 3. The summed E-state index contributed by atoms with van der Waals surface area (Å²) in [6.45, 7) is 4.27. The molecule has 0 bridgehead atoms. The van der Waals surface area contributed by atoms with Crippen LogP contribution in [0.4, 0.5) is 13.2 Å². The predicted molar refractivity (Wildman–Crippen MR) is 86.0 cm³/mol. The molecule has 0 radical (unpaired) electrons. The van der Waals surface area contributed by atoms with Crippen molar-refractivity contribution in [3.8, 4) is 0 Å². The van der Waals surface area contributed by atoms with Gasteiger partial charge >= 0.3 is 6.18 Å². The van der Waals surface area contributed by atoms with Crippen LogP contribution in [0.25, 0.3) is 5.57 Å². The second-order valence-electron chi connectivity index (χ2n) is 5.18. The van der Waals surface area contributed by atoms with E-state index in [1.54, 1.807) is 19.9 Å². The van der Waals surface area contributed by atoms with E-state index in [9.17, 15) is 22.8 Å². The molecule has 0 aliphatic rings. The van der Waals surface area contributed by atoms with Gasteiger partial charge in [0.1, 0.15) is 0 Å². The summed E-state index contributed by atoms with van der Waals surface area (Å²) in [5, 5.41) is 0. The van der Waals surface area contributed by atoms with E-state index in [4.69, 9.17) is 0 Å². The molecule has 7 heteroatoms. The molecule has 0 saturated heterocycles. The van der Waals surface area contributed by atoms with E-state index in [0.29, 0.717) is 19.2 Å². The van der Waals surface area contributed by atoms with Crippen molar-refractivity contribution in [2.45, 2.75) is 20.0 Å². The summed E-state index contributed by atoms with van der Waals surface area (Å²) in [6, 6.07) is 7.09. The third-order valence-electron chi connectivity index (χ3n) is 3.52. The van der Waals surface area contributed by atoms with Crippen LogP contribution in [0.1, 0.15) is 19.4 Å². The van der Waals surface area contributed by atoms with Crippen LogP contribution in [0, 0.1) is 0 Å². The van der Waals surface area contributed by atoms with Crippen molar-refractivity contribution in [1.29, 1.82) is 0 Å². The molecule has 0 spiro atoms. The van der Waals surface area contributed by atoms with E-state index < -0.39 is 17.7 Å². The van der Waals surface area contributed by atoms with Gasteiger partial charge in [-0.2, -0.15) is 13.2 Å². The van der Waals surface area contributed by atoms with Crippen molar-refractivity contribution in [2.75, 3.05) is 26.7 Å². The number of alkyl halides is 3. The van der Waals surface area contributed by atoms with Gasteiger partial charge in [0.05, 0.1) is 12.1 Å². The lowest BCUT2D eigenvalue weighted by atomic mass is 10.0. The fraction of sp³-hybridized carbons (Fsp3) is 0.412. The summed E-state index contributed by atoms with van der Waals surface area (Å²) in [5.41, 5.74) is -1.13. The number of nitrogens with zero attached hydrogens (tertiary/aromatic N) is 2. The number of hydrogen-bond acceptors (Lipinski definition) is 2. The second kappa shape index (κ2) is 8.52. The zero-order chi connectivity index (χ0) is 18.3. The first-order chi connectivity index (χ1) is 11.2. The number of rotatable bonds is 6. The van der Waals surface area contributed by atoms with Gasteiger partial charge in [-0.1, -0.05) is 30.3 Å². The maximum Gasteiger partial charge on any atom is 0.417 e. The Morgan fingerprint density at radius 2 is 1.62 bits per heavy atom. The van der Waals surface area contributed by atoms with Crippen LogP contribution in [0.3, 0.4) is 0 Å². The van der Waals surface area contributed by atoms with Gasteiger partial charge in [-0.05, 0) is 19.4 Å². The lowest BCUT2D eigenvalue weighted by Crippen LogP contribution is -2.40. The molecule has 0 aliphatic carbocycles. The topological polar surface area (TPSA) is 40.6 Å². The van der Waals surface area contributed by atoms with E-state index in [-0.39, 0.29) is 18.0 Å². The van der Waals surface area contributed by atoms with Crippen molar-refractivity contribution in [3.05, 3.63) is 42.0 Å². The first-order valence-electron chi connectivity index (χ1n) is 7.57. The first-order valence-corrected chi connectivity index (χ1v) is 7.57. The van der Waals surface area contributed by atoms with Crippen molar-refractivity contribution in [2.24, 2.45) is 0 Å². The zero-order valence-corrected chi connectivity index (χ0v) is 13.9. The maximum absolute atomic E-state index is 13.2. The Kier molecular flexibility index (Phi) is 7.00. The Morgan fingerprint density at radius 3 is 2.08 bits per heavy atom. The third-order valence-corrected chi connectivity index (χ3v) is 3.52. The summed E-state index contributed by atoms with van der Waals surface area (Å²) in [7, 11) is 1.30. The lowest BCUT2D eigenvalue weighted by Gasteiger charge is -2.23. The van der Waals surface area contributed by atoms with Gasteiger partial charge < -0.3 is 9.80 Å². The molecule has 0 atom stereocenters. The molecule has 1 aromatic rings. The average Bonchev–Trinajstić information content (AvgIpc) is 2.53. The third kappa shape index (κ3) is 5.40. The van der Waals surface area contributed by atoms with Gasteiger partial charge in [0.25, 0.3) is 0 Å². The minimum Gasteiger partial charge on any atom is -0.342 e. The van der Waals surface area contributed by atoms with Gasteiger partial charge in [-0.15, -0.1) is 0 Å². The number of carbonyl (C=O) groups excluding carboxylic acids is 2. The molecule has 2 amide bonds. The van der Waals surface area contributed by atoms with Crippen molar-refractivity contribution in [1.82, 2.24) is 9.80 Å². The van der Waals surface area contributed by atoms with Crippen LogP contribution in [-0.2, 0) is 9.59 Å². The number of amides is 2. The molecular formula is C17H21F3N2O2. The molecule has 132 valence electrons. The highest BCUT2D eigenvalue weighted by Crippen LogP contribution is 2.33. The number of benzene rings is 1. The number of likely N-dealkylation sites (N-methyl/N-ethyl adjacent to an activating group) is 2. The molecule has 0 aromatic heterocycles. The molecule has 0 saturated carbocycles. The van der Waals surface area contributed by atoms with Crippen molar-refractivity contribution >= 4 is 17.4 Å². The van der Waals surface area contributed by atoms with Gasteiger partial charge in [0.2, 0.25) is 11.8 Å². The predicted octanol–water partition coefficient (Wildman–Crippen LogP) is 2.96. The summed E-state index contributed by atoms with van der Waals surface area (Å²) in [5.74, 6) is -1.18. The average molecular weight is 342 g/mol. The molecule has 24 heavy (non-hydrogen) atoms. The van der Waals surface area contributed by atoms with E-state index >= 15 is 0 Å². The normalized spacial score (nSPS) is 12.0. The van der Waals surface area contributed by atoms with E-state index in [2.05, 4.69) is 0 Å². The van der Waals surface area contributed by atoms with Gasteiger partial charge in [-0.3, -0.25) is 9.59 Å². The van der Waals surface area contributed by atoms with Crippen LogP contribution in [0.5, 0.6) is 0 Å². The van der Waals surface area contributed by atoms with E-state index in [1.165, 1.54) is 36.2 Å². The molecule has 0 heterocycles. The first kappa shape index (κ1) is 19.7. The number of hydrogen-bond donors (Lipinski definition) is 0. The zero-order valence-electron chi connectivity index (χ0n) is 13.9. The van der Waals surface area contributed by atoms with E-state index in [1.807, 2.05) is 0 Å². The number of allylic oxidation sites excluding steroid dienone is 1. The van der Waals surface area contributed by atoms with Crippen molar-refractivity contribution in [3.63, 3.8) is 0 Å². The summed E-state index contributed by atoms with van der Waals surface area (Å²) in [6.07, 6.45) is -4.13. The maximum atomic E-state index is 13.2. The Morgan fingerprint density at radius 1 is 1.08 bits per heavy atom. The minimum absolute atomic E-state index is 0.0955. The highest BCUT2D eigenvalue weighted by atomic mass is 19.4. The van der Waals surface area contributed by atoms with Crippen LogP contribution in [0.2, 0.25) is 0 Å². The van der Waals surface area contributed by atoms with Crippen LogP contribution in [-0.4, -0.2) is 54.5 Å². The molecule has 0 aliphatic heterocycles. The Bertz CT molecular complexity index is 594. The second-order valence-corrected chi connectivity index (χ2v) is 5.18. The van der Waals surface area contributed by atoms with Gasteiger partial charge in [0, 0.05) is 26.2 Å². The molecule has 1 aromatic carbocycles. The van der Waals surface area contributed by atoms with Crippen LogP contribution in [0.15, 0.2) is 36.4 Å². The summed E-state index contributed by atoms with van der Waals surface area (Å²) < 4.78 is 39.6. The summed E-state index contributed by atoms with van der Waals surface area (Å²) >= 11 is 0. The SMILES string of the molecule is CCN(CC)C(=O)CN(C)C(=O)C=C(c1ccccc1)C(F)(F)F. The van der Waals surface area contributed by atoms with Crippen LogP contribution >= 0.6 is 0 Å². The molecule has 0 fully saturated rings. The molecule has 0 unspecified atom stereocenters. The highest BCUT2D eigenvalue weighted by molar-refractivity contribution is 5.97. The van der Waals surface area contributed by atoms with Gasteiger partial charge in [0.15, 0.2) is 0 Å². The van der Waals surface area contributed by atoms with E-state index in [0.717, 1.165) is 4.90 Å². The minimum atomic E-state index is -4.67. The van der Waals surface area contributed by atoms with Crippen LogP contribution < -0.4 is 0 Å². The Balaban J connectivity index is 2.98. The fourth-order valence-electron chi connectivity index (χ4n) is 2.14. The quantitative estimate of drug-likeness (QED) is 0.746. The number of carbonyl (C=O) groups is 2. The molecule has 1 rings (SSSR count). The Labute approximate surface area is 139 Å². The molecule has 0 N–H and O–H groups in total. The molecular weight excluding hydrogens is 321 g/mol. The standard InChI is InChI=1S/C17H21F3N2O2/c1-4-22(5-2)16(24)12-21(3)15(23)11-14(17(18,19)20)13-9-7-6-8-10-13/h6-11H,4-5,12H2,1-3H3. The highest BCUT2D eigenvalue weighted by Gasteiger charge is 2.35. The lowest BCUT2D eigenvalue weighted by molar-refractivity contribution is -0.137. The largest absolute Gasteiger partial charge is 0.417 e. The smallest absolute Gasteiger partial charge is 0.342 e. The monoisotopic (exact) mass is 342 g/mol.